The molecule has 0 unspecified atom stereocenters. The number of aliphatic carboxylic acids is 2. The number of aromatic amines is 3. The Labute approximate surface area is 589 Å². The number of nitrogens with two attached hydrogens (primary N) is 1. The predicted molar refractivity (Wildman–Crippen MR) is 367 cm³/mol. The van der Waals surface area contributed by atoms with Crippen molar-refractivity contribution in [2.75, 3.05) is 19.7 Å². The zero-order valence-corrected chi connectivity index (χ0v) is 57.1. The summed E-state index contributed by atoms with van der Waals surface area (Å²) in [6.07, 6.45) is 1.06. The van der Waals surface area contributed by atoms with Gasteiger partial charge in [-0.2, -0.15) is 0 Å². The number of H-pyrrole nitrogens is 3. The number of nitrogens with one attached hydrogen (secondary N) is 13. The van der Waals surface area contributed by atoms with Crippen molar-refractivity contribution < 1.29 is 93.0 Å². The van der Waals surface area contributed by atoms with Gasteiger partial charge in [0.2, 0.25) is 65.0 Å². The molecule has 7 rings (SSSR count). The number of fused-ring (bicyclic) bond motifs is 2. The number of nitrogens with zero attached hydrogens (tertiary/aromatic N) is 2. The minimum atomic E-state index is -1.96. The number of rotatable bonds is 37. The van der Waals surface area contributed by atoms with Crippen molar-refractivity contribution in [2.24, 2.45) is 11.7 Å². The largest absolute Gasteiger partial charge is 0.508 e. The molecule has 0 saturated carbocycles. The summed E-state index contributed by atoms with van der Waals surface area (Å²) in [5.41, 5.74) is 9.05. The number of hydrogen-bond acceptors (Lipinski definition) is 19. The molecule has 1 saturated heterocycles. The standard InChI is InChI=1S/C68H88N16O19/c1-33(2)21-47(60(94)79-51(26-55(90)91)59(93)73-30-54(89)75-34(3)67(101)84-20-10-15-53(84)68(102)103)76-62(96)49(23-38-27-71-45-13-8-6-11-42(38)45)78-63(97)50(24-39-28-72-46-14-9-7-12-43(39)46)77-61(95)48(22-37-16-18-41(88)19-17-37)80-65(99)57(36(5)87)83-64(98)52(31-85)81-66(100)56(35(4)86)82-58(92)44(69)25-40-29-70-32-74-40/h6-9,11-14,16-19,27-29,32-36,44,47-53,56-57,71-72,85-88H,10,15,20-26,30-31,69H2,1-5H3,(H,70,74)(H,73,93)(H,75,89)(H,76,96)(H,77,95)(H,78,97)(H,79,94)(H,80,99)(H,81,100)(H,82,92)(H,83,98)(H,90,91)(H,102,103)/t34-,35+,36+,44-,47-,48-,49-,50-,51-,52-,53-,56-,57-/m0/s1. The first kappa shape index (κ1) is 79.0. The van der Waals surface area contributed by atoms with Crippen LogP contribution in [0.2, 0.25) is 0 Å². The fraction of sp³-hybridized carbons (Fsp3) is 0.441. The molecule has 4 heterocycles. The molecule has 1 aliphatic rings. The van der Waals surface area contributed by atoms with Gasteiger partial charge in [0.25, 0.3) is 0 Å². The van der Waals surface area contributed by atoms with E-state index in [0.717, 1.165) is 18.7 Å². The Hall–Kier alpha value is -11.3. The van der Waals surface area contributed by atoms with Gasteiger partial charge < -0.3 is 109 Å². The molecule has 21 N–H and O–H groups in total. The molecule has 13 atom stereocenters. The summed E-state index contributed by atoms with van der Waals surface area (Å²) in [5, 5.41) is 87.2. The van der Waals surface area contributed by atoms with Crippen molar-refractivity contribution in [3.05, 3.63) is 120 Å². The Bertz CT molecular complexity index is 4010. The summed E-state index contributed by atoms with van der Waals surface area (Å²) in [7, 11) is 0. The van der Waals surface area contributed by atoms with E-state index in [1.54, 1.807) is 74.8 Å². The number of aliphatic hydroxyl groups is 3. The number of aliphatic hydroxyl groups excluding tert-OH is 3. The second-order valence-corrected chi connectivity index (χ2v) is 25.7. The van der Waals surface area contributed by atoms with E-state index in [9.17, 15) is 78.6 Å². The summed E-state index contributed by atoms with van der Waals surface area (Å²) in [4.78, 5) is 193. The van der Waals surface area contributed by atoms with E-state index in [1.165, 1.54) is 43.7 Å². The number of aromatic hydroxyl groups is 1. The minimum absolute atomic E-state index is 0.0415. The molecule has 1 fully saturated rings. The molecular formula is C68H88N16O19. The number of para-hydroxylation sites is 2. The zero-order chi connectivity index (χ0) is 75.4. The lowest BCUT2D eigenvalue weighted by atomic mass is 9.99. The molecule has 6 aromatic rings. The van der Waals surface area contributed by atoms with Crippen LogP contribution in [0.3, 0.4) is 0 Å². The number of likely N-dealkylation sites (tertiary alicyclic amines) is 1. The third kappa shape index (κ3) is 22.3. The number of amides is 11. The second kappa shape index (κ2) is 36.9. The third-order valence-electron chi connectivity index (χ3n) is 17.1. The average molecular weight is 1430 g/mol. The van der Waals surface area contributed by atoms with Crippen LogP contribution in [-0.2, 0) is 88.0 Å². The number of carboxylic acid groups (broad SMARTS) is 2. The molecule has 35 heteroatoms. The van der Waals surface area contributed by atoms with E-state index in [-0.39, 0.29) is 56.7 Å². The van der Waals surface area contributed by atoms with Crippen molar-refractivity contribution in [1.82, 2.24) is 78.0 Å². The molecule has 103 heavy (non-hydrogen) atoms. The highest BCUT2D eigenvalue weighted by Crippen LogP contribution is 2.23. The van der Waals surface area contributed by atoms with Crippen LogP contribution >= 0.6 is 0 Å². The highest BCUT2D eigenvalue weighted by atomic mass is 16.4. The Morgan fingerprint density at radius 1 is 0.563 bits per heavy atom. The quantitative estimate of drug-likeness (QED) is 0.0180. The van der Waals surface area contributed by atoms with Gasteiger partial charge in [-0.25, -0.2) is 9.78 Å². The van der Waals surface area contributed by atoms with E-state index in [1.807, 2.05) is 0 Å². The lowest BCUT2D eigenvalue weighted by Crippen LogP contribution is -2.63. The number of aromatic nitrogens is 4. The summed E-state index contributed by atoms with van der Waals surface area (Å²) in [6.45, 7) is 5.18. The SMILES string of the molecule is CC(C)C[C@H](NC(=O)[C@H](Cc1c[nH]c2ccccc12)NC(=O)[C@H](Cc1c[nH]c2ccccc12)NC(=O)[C@H](Cc1ccc(O)cc1)NC(=O)[C@@H](NC(=O)[C@H](CO)NC(=O)[C@@H](NC(=O)[C@@H](N)Cc1cnc[nH]1)[C@@H](C)O)[C@@H](C)O)C(=O)N[C@@H](CC(=O)O)C(=O)NCC(=O)N[C@@H](C)C(=O)N1CCC[C@H]1C(=O)O. The molecular weight excluding hydrogens is 1340 g/mol. The Morgan fingerprint density at radius 2 is 1.05 bits per heavy atom. The first-order valence-corrected chi connectivity index (χ1v) is 33.2. The summed E-state index contributed by atoms with van der Waals surface area (Å²) in [5.74, 6) is -14.7. The van der Waals surface area contributed by atoms with Crippen molar-refractivity contribution in [2.45, 2.75) is 165 Å². The van der Waals surface area contributed by atoms with Crippen molar-refractivity contribution in [1.29, 1.82) is 0 Å². The van der Waals surface area contributed by atoms with E-state index >= 15 is 14.4 Å². The topological polar surface area (TPSA) is 553 Å². The smallest absolute Gasteiger partial charge is 0.326 e. The van der Waals surface area contributed by atoms with Crippen molar-refractivity contribution in [3.63, 3.8) is 0 Å². The van der Waals surface area contributed by atoms with Gasteiger partial charge in [0.05, 0.1) is 44.1 Å². The average Bonchev–Trinajstić information content (AvgIpc) is 1.45. The first-order chi connectivity index (χ1) is 48.9. The molecule has 3 aromatic carbocycles. The normalized spacial score (nSPS) is 16.3. The lowest BCUT2D eigenvalue weighted by molar-refractivity contribution is -0.149. The molecule has 554 valence electrons. The fourth-order valence-electron chi connectivity index (χ4n) is 11.7. The monoisotopic (exact) mass is 1430 g/mol. The number of carboxylic acids is 2. The number of benzene rings is 3. The van der Waals surface area contributed by atoms with Gasteiger partial charge in [-0.1, -0.05) is 62.4 Å². The molecule has 0 radical (unpaired) electrons. The number of phenols is 1. The zero-order valence-electron chi connectivity index (χ0n) is 57.1. The minimum Gasteiger partial charge on any atom is -0.508 e. The van der Waals surface area contributed by atoms with Crippen LogP contribution in [-0.4, -0.2) is 231 Å². The molecule has 0 bridgehead atoms. The Balaban J connectivity index is 1.13. The van der Waals surface area contributed by atoms with Gasteiger partial charge in [-0.05, 0) is 86.9 Å². The van der Waals surface area contributed by atoms with Crippen LogP contribution in [0, 0.1) is 5.92 Å². The van der Waals surface area contributed by atoms with Crippen LogP contribution < -0.4 is 58.9 Å². The maximum atomic E-state index is 15.4. The van der Waals surface area contributed by atoms with Gasteiger partial charge in [-0.3, -0.25) is 57.5 Å². The number of carbonyl (C=O) groups excluding carboxylic acids is 11. The predicted octanol–water partition coefficient (Wildman–Crippen LogP) is -3.47. The maximum absolute atomic E-state index is 15.4. The van der Waals surface area contributed by atoms with Gasteiger partial charge in [0.1, 0.15) is 66.2 Å². The number of imidazole rings is 1. The van der Waals surface area contributed by atoms with E-state index < -0.39 is 175 Å². The Kier molecular flexibility index (Phi) is 28.3. The molecule has 11 amide bonds. The number of hydrogen-bond donors (Lipinski definition) is 20. The highest BCUT2D eigenvalue weighted by Gasteiger charge is 2.40. The molecule has 0 spiro atoms. The van der Waals surface area contributed by atoms with Crippen LogP contribution in [0.25, 0.3) is 21.8 Å². The van der Waals surface area contributed by atoms with Crippen LogP contribution in [0.4, 0.5) is 0 Å². The van der Waals surface area contributed by atoms with E-state index in [4.69, 9.17) is 5.73 Å². The van der Waals surface area contributed by atoms with E-state index in [0.29, 0.717) is 50.6 Å². The fourth-order valence-corrected chi connectivity index (χ4v) is 11.7. The van der Waals surface area contributed by atoms with Crippen molar-refractivity contribution in [3.8, 4) is 5.75 Å². The Morgan fingerprint density at radius 3 is 1.55 bits per heavy atom. The van der Waals surface area contributed by atoms with Gasteiger partial charge in [-0.15, -0.1) is 0 Å². The van der Waals surface area contributed by atoms with Crippen LogP contribution in [0.5, 0.6) is 5.75 Å². The molecule has 35 nitrogen and oxygen atoms in total. The summed E-state index contributed by atoms with van der Waals surface area (Å²) < 4.78 is 0. The first-order valence-electron chi connectivity index (χ1n) is 33.2. The third-order valence-corrected chi connectivity index (χ3v) is 17.1. The van der Waals surface area contributed by atoms with Crippen molar-refractivity contribution >= 4 is 98.7 Å². The molecule has 1 aliphatic heterocycles. The lowest BCUT2D eigenvalue weighted by Gasteiger charge is -2.29. The second-order valence-electron chi connectivity index (χ2n) is 25.7. The van der Waals surface area contributed by atoms with Gasteiger partial charge in [0, 0.05) is 78.3 Å². The van der Waals surface area contributed by atoms with Gasteiger partial charge >= 0.3 is 11.9 Å². The number of phenolic OH excluding ortho intramolecular Hbond substituents is 1. The number of carbonyl (C=O) groups is 13. The highest BCUT2D eigenvalue weighted by molar-refractivity contribution is 6.00. The van der Waals surface area contributed by atoms with Gasteiger partial charge in [0.15, 0.2) is 0 Å². The van der Waals surface area contributed by atoms with Crippen LogP contribution in [0.15, 0.2) is 97.7 Å². The molecule has 3 aromatic heterocycles. The van der Waals surface area contributed by atoms with E-state index in [2.05, 4.69) is 73.1 Å². The molecule has 0 aliphatic carbocycles. The summed E-state index contributed by atoms with van der Waals surface area (Å²) in [6, 6.07) is 1.86. The van der Waals surface area contributed by atoms with Crippen LogP contribution in [0.1, 0.15) is 82.7 Å². The maximum Gasteiger partial charge on any atom is 0.326 e. The summed E-state index contributed by atoms with van der Waals surface area (Å²) >= 11 is 0.